The van der Waals surface area contributed by atoms with Crippen molar-refractivity contribution >= 4 is 13.7 Å². The van der Waals surface area contributed by atoms with Gasteiger partial charge in [-0.05, 0) is 25.0 Å². The molecule has 9 nitrogen and oxygen atoms in total. The molecule has 1 amide bonds. The van der Waals surface area contributed by atoms with Crippen LogP contribution in [-0.2, 0) is 35.0 Å². The number of benzene rings is 1. The summed E-state index contributed by atoms with van der Waals surface area (Å²) in [5.74, 6) is -4.94. The van der Waals surface area contributed by atoms with Crippen LogP contribution in [0.25, 0.3) is 0 Å². The third kappa shape index (κ3) is 7.53. The number of phosphoric acid groups is 1. The average Bonchev–Trinajstić information content (AvgIpc) is 3.01. The van der Waals surface area contributed by atoms with Crippen molar-refractivity contribution in [1.29, 1.82) is 0 Å². The largest absolute Gasteiger partial charge is 0.466 e. The summed E-state index contributed by atoms with van der Waals surface area (Å²) in [6.07, 6.45) is -5.01. The normalized spacial score (nSPS) is 14.9. The summed E-state index contributed by atoms with van der Waals surface area (Å²) < 4.78 is 89.1. The van der Waals surface area contributed by atoms with Gasteiger partial charge in [0.2, 0.25) is 11.7 Å². The van der Waals surface area contributed by atoms with Crippen molar-refractivity contribution < 1.29 is 50.4 Å². The summed E-state index contributed by atoms with van der Waals surface area (Å²) in [4.78, 5) is 39.0. The summed E-state index contributed by atoms with van der Waals surface area (Å²) >= 11 is 0. The van der Waals surface area contributed by atoms with E-state index in [0.29, 0.717) is 12.1 Å². The van der Waals surface area contributed by atoms with Gasteiger partial charge in [-0.25, -0.2) is 22.7 Å². The topological polar surface area (TPSA) is 142 Å². The van der Waals surface area contributed by atoms with E-state index in [0.717, 1.165) is 4.57 Å². The molecule has 0 saturated carbocycles. The number of aryl methyl sites for hydroxylation is 1. The molecule has 5 N–H and O–H groups in total. The number of amides is 1. The van der Waals surface area contributed by atoms with Crippen LogP contribution in [0.2, 0.25) is 0 Å². The molecule has 3 rings (SSSR count). The molecule has 1 aromatic heterocycles. The summed E-state index contributed by atoms with van der Waals surface area (Å²) in [5, 5.41) is 0. The van der Waals surface area contributed by atoms with E-state index in [1.165, 1.54) is 11.8 Å². The number of hydrogen-bond donors (Lipinski definition) is 4. The number of halogens is 6. The Labute approximate surface area is 189 Å². The molecule has 2 heterocycles. The van der Waals surface area contributed by atoms with Crippen LogP contribution in [-0.4, -0.2) is 47.6 Å². The summed E-state index contributed by atoms with van der Waals surface area (Å²) in [6, 6.07) is 0.225. The first-order valence-corrected chi connectivity index (χ1v) is 11.1. The molecule has 0 unspecified atom stereocenters. The molecule has 0 fully saturated rings. The predicted molar refractivity (Wildman–Crippen MR) is 104 cm³/mol. The van der Waals surface area contributed by atoms with E-state index in [1.54, 1.807) is 0 Å². The highest BCUT2D eigenvalue weighted by Crippen LogP contribution is 2.32. The minimum absolute atomic E-state index is 0.0387. The van der Waals surface area contributed by atoms with Crippen LogP contribution in [0.1, 0.15) is 29.2 Å². The van der Waals surface area contributed by atoms with Gasteiger partial charge in [0.1, 0.15) is 5.82 Å². The highest BCUT2D eigenvalue weighted by molar-refractivity contribution is 7.45. The highest BCUT2D eigenvalue weighted by atomic mass is 31.2. The number of aromatic nitrogens is 2. The summed E-state index contributed by atoms with van der Waals surface area (Å²) in [7, 11) is -4.64. The number of carbonyl (C=O) groups is 1. The van der Waals surface area contributed by atoms with Crippen LogP contribution in [0.3, 0.4) is 0 Å². The molecule has 34 heavy (non-hydrogen) atoms. The number of nitrogens with zero attached hydrogens (tertiary/aromatic N) is 3. The van der Waals surface area contributed by atoms with E-state index in [2.05, 4.69) is 4.98 Å². The second-order valence-corrected chi connectivity index (χ2v) is 8.50. The molecule has 0 aliphatic carbocycles. The maximum Gasteiger partial charge on any atom is 0.466 e. The van der Waals surface area contributed by atoms with E-state index in [9.17, 15) is 31.1 Å². The number of alkyl halides is 3. The maximum atomic E-state index is 13.7. The molecule has 2 aromatic rings. The van der Waals surface area contributed by atoms with Crippen LogP contribution in [0.4, 0.5) is 26.3 Å². The quantitative estimate of drug-likeness (QED) is 0.276. The molecule has 1 atom stereocenters. The molecule has 190 valence electrons. The minimum atomic E-state index is -4.64. The highest BCUT2D eigenvalue weighted by Gasteiger charge is 2.40. The van der Waals surface area contributed by atoms with E-state index in [-0.39, 0.29) is 49.4 Å². The van der Waals surface area contributed by atoms with Gasteiger partial charge in [0, 0.05) is 31.6 Å². The van der Waals surface area contributed by atoms with Crippen molar-refractivity contribution in [2.24, 2.45) is 5.73 Å². The van der Waals surface area contributed by atoms with Gasteiger partial charge in [-0.3, -0.25) is 4.79 Å². The fraction of sp³-hybridized carbons (Fsp3) is 0.444. The molecule has 0 saturated heterocycles. The van der Waals surface area contributed by atoms with Gasteiger partial charge in [-0.1, -0.05) is 0 Å². The monoisotopic (exact) mass is 518 g/mol. The van der Waals surface area contributed by atoms with Crippen molar-refractivity contribution in [2.45, 2.75) is 45.1 Å². The Balaban J connectivity index is 0.000000739. The Morgan fingerprint density at radius 1 is 1.15 bits per heavy atom. The van der Waals surface area contributed by atoms with Gasteiger partial charge in [0.05, 0.1) is 17.9 Å². The van der Waals surface area contributed by atoms with Crippen molar-refractivity contribution in [3.05, 3.63) is 52.4 Å². The number of nitrogens with two attached hydrogens (primary N) is 1. The van der Waals surface area contributed by atoms with Crippen molar-refractivity contribution in [3.63, 3.8) is 0 Å². The van der Waals surface area contributed by atoms with Crippen molar-refractivity contribution in [2.75, 3.05) is 6.54 Å². The molecule has 0 radical (unpaired) electrons. The van der Waals surface area contributed by atoms with Crippen molar-refractivity contribution in [3.8, 4) is 0 Å². The zero-order valence-electron chi connectivity index (χ0n) is 17.6. The lowest BCUT2D eigenvalue weighted by molar-refractivity contribution is -0.148. The Kier molecular flexibility index (Phi) is 8.53. The molecule has 1 aliphatic rings. The summed E-state index contributed by atoms with van der Waals surface area (Å²) in [5.41, 5.74) is 6.17. The van der Waals surface area contributed by atoms with Gasteiger partial charge >= 0.3 is 14.0 Å². The van der Waals surface area contributed by atoms with Gasteiger partial charge in [0.25, 0.3) is 0 Å². The van der Waals surface area contributed by atoms with Gasteiger partial charge in [-0.2, -0.15) is 13.2 Å². The van der Waals surface area contributed by atoms with Crippen LogP contribution >= 0.6 is 7.82 Å². The Bertz CT molecular complexity index is 1100. The van der Waals surface area contributed by atoms with E-state index in [1.807, 2.05) is 0 Å². The van der Waals surface area contributed by atoms with Crippen LogP contribution in [0.5, 0.6) is 0 Å². The number of fused-ring (bicyclic) bond motifs is 1. The van der Waals surface area contributed by atoms with Gasteiger partial charge in [0.15, 0.2) is 11.6 Å². The molecule has 16 heteroatoms. The lowest BCUT2D eigenvalue weighted by Crippen LogP contribution is -2.42. The lowest BCUT2D eigenvalue weighted by Gasteiger charge is -2.30. The third-order valence-corrected chi connectivity index (χ3v) is 4.82. The first kappa shape index (κ1) is 27.8. The Hall–Kier alpha value is -2.45. The van der Waals surface area contributed by atoms with Crippen LogP contribution in [0.15, 0.2) is 12.1 Å². The standard InChI is InChI=1S/C18H18F6N4O.H3O4P/c1-9-15-8-27(2-3-28(15)17(26-9)18(22,23)24)16(29)6-11(25)4-10-5-13(20)14(21)7-12(10)19;1-5(2,3)4/h5,7,11H,2-4,6,8,25H2,1H3;(H3,1,2,3,4)/t11-;/m1./s1. The molecular weight excluding hydrogens is 497 g/mol. The summed E-state index contributed by atoms with van der Waals surface area (Å²) in [6.45, 7) is 1.35. The number of carbonyl (C=O) groups excluding carboxylic acids is 1. The molecule has 1 aromatic carbocycles. The fourth-order valence-electron chi connectivity index (χ4n) is 3.39. The zero-order valence-corrected chi connectivity index (χ0v) is 18.5. The molecule has 0 bridgehead atoms. The second kappa shape index (κ2) is 10.4. The van der Waals surface area contributed by atoms with E-state index in [4.69, 9.17) is 25.0 Å². The SMILES string of the molecule is Cc1nc(C(F)(F)F)n2c1CN(C(=O)C[C@H](N)Cc1cc(F)c(F)cc1F)CC2.O=P(O)(O)O. The maximum absolute atomic E-state index is 13.7. The average molecular weight is 518 g/mol. The van der Waals surface area contributed by atoms with Crippen LogP contribution < -0.4 is 5.73 Å². The molecular formula is C18H21F6N4O5P. The third-order valence-electron chi connectivity index (χ3n) is 4.82. The smallest absolute Gasteiger partial charge is 0.335 e. The number of hydrogen-bond acceptors (Lipinski definition) is 4. The first-order chi connectivity index (χ1) is 15.5. The van der Waals surface area contributed by atoms with E-state index >= 15 is 0 Å². The first-order valence-electron chi connectivity index (χ1n) is 9.55. The lowest BCUT2D eigenvalue weighted by atomic mass is 10.0. The fourth-order valence-corrected chi connectivity index (χ4v) is 3.39. The molecule has 1 aliphatic heterocycles. The van der Waals surface area contributed by atoms with Gasteiger partial charge < -0.3 is 29.9 Å². The Morgan fingerprint density at radius 3 is 2.26 bits per heavy atom. The van der Waals surface area contributed by atoms with Crippen molar-refractivity contribution in [1.82, 2.24) is 14.5 Å². The zero-order chi connectivity index (χ0) is 26.0. The second-order valence-electron chi connectivity index (χ2n) is 7.47. The minimum Gasteiger partial charge on any atom is -0.335 e. The number of imidazole rings is 1. The predicted octanol–water partition coefficient (Wildman–Crippen LogP) is 2.00. The van der Waals surface area contributed by atoms with E-state index < -0.39 is 49.2 Å². The van der Waals surface area contributed by atoms with Crippen LogP contribution in [0, 0.1) is 24.4 Å². The van der Waals surface area contributed by atoms with Gasteiger partial charge in [-0.15, -0.1) is 0 Å². The number of rotatable bonds is 4. The molecule has 0 spiro atoms. The Morgan fingerprint density at radius 2 is 1.71 bits per heavy atom.